The van der Waals surface area contributed by atoms with E-state index in [1.54, 1.807) is 6.92 Å². The highest BCUT2D eigenvalue weighted by Gasteiger charge is 2.29. The van der Waals surface area contributed by atoms with Crippen LogP contribution in [0.2, 0.25) is 0 Å². The number of halogens is 1. The Labute approximate surface area is 118 Å². The predicted molar refractivity (Wildman–Crippen MR) is 77.5 cm³/mol. The van der Waals surface area contributed by atoms with Crippen molar-refractivity contribution < 1.29 is 14.2 Å². The van der Waals surface area contributed by atoms with Crippen LogP contribution in [0.5, 0.6) is 5.75 Å². The van der Waals surface area contributed by atoms with Crippen molar-refractivity contribution in [2.24, 2.45) is 0 Å². The molecule has 20 heavy (non-hydrogen) atoms. The van der Waals surface area contributed by atoms with E-state index >= 15 is 0 Å². The van der Waals surface area contributed by atoms with E-state index in [-0.39, 0.29) is 0 Å². The fourth-order valence-corrected chi connectivity index (χ4v) is 2.26. The molecule has 0 spiro atoms. The second kappa shape index (κ2) is 5.25. The third-order valence-electron chi connectivity index (χ3n) is 3.76. The van der Waals surface area contributed by atoms with Gasteiger partial charge in [0.2, 0.25) is 0 Å². The summed E-state index contributed by atoms with van der Waals surface area (Å²) in [5.41, 5.74) is 2.05. The van der Waals surface area contributed by atoms with Crippen LogP contribution in [-0.4, -0.2) is 12.2 Å². The molecule has 2 aromatic carbocycles. The molecule has 0 fully saturated rings. The summed E-state index contributed by atoms with van der Waals surface area (Å²) in [5, 5.41) is 10.9. The van der Waals surface area contributed by atoms with Crippen molar-refractivity contribution >= 4 is 0 Å². The van der Waals surface area contributed by atoms with Gasteiger partial charge in [-0.05, 0) is 55.7 Å². The van der Waals surface area contributed by atoms with Crippen molar-refractivity contribution in [1.29, 1.82) is 0 Å². The molecule has 0 aromatic heterocycles. The summed E-state index contributed by atoms with van der Waals surface area (Å²) in [7, 11) is 1.51. The molecule has 1 atom stereocenters. The summed E-state index contributed by atoms with van der Waals surface area (Å²) in [6.07, 6.45) is 0. The lowest BCUT2D eigenvalue weighted by Crippen LogP contribution is -2.24. The summed E-state index contributed by atoms with van der Waals surface area (Å²) in [6.45, 7) is 5.64. The molecule has 0 saturated heterocycles. The van der Waals surface area contributed by atoms with Gasteiger partial charge < -0.3 is 9.84 Å². The van der Waals surface area contributed by atoms with E-state index in [4.69, 9.17) is 4.74 Å². The molecular formula is C17H19FO2. The van der Waals surface area contributed by atoms with E-state index in [0.29, 0.717) is 16.9 Å². The topological polar surface area (TPSA) is 29.5 Å². The van der Waals surface area contributed by atoms with Crippen LogP contribution < -0.4 is 4.74 Å². The van der Waals surface area contributed by atoms with Crippen LogP contribution in [0.15, 0.2) is 36.4 Å². The highest BCUT2D eigenvalue weighted by molar-refractivity contribution is 5.46. The lowest BCUT2D eigenvalue weighted by Gasteiger charge is -2.27. The summed E-state index contributed by atoms with van der Waals surface area (Å²) >= 11 is 0. The van der Waals surface area contributed by atoms with Gasteiger partial charge in [0.05, 0.1) is 7.11 Å². The number of aliphatic hydroxyl groups is 1. The first-order chi connectivity index (χ1) is 9.36. The van der Waals surface area contributed by atoms with Crippen molar-refractivity contribution in [3.63, 3.8) is 0 Å². The molecule has 0 bridgehead atoms. The van der Waals surface area contributed by atoms with Crippen LogP contribution in [0.1, 0.15) is 29.2 Å². The molecule has 0 saturated carbocycles. The maximum atomic E-state index is 13.5. The molecular weight excluding hydrogens is 255 g/mol. The lowest BCUT2D eigenvalue weighted by molar-refractivity contribution is 0.0984. The second-order valence-corrected chi connectivity index (χ2v) is 5.22. The highest BCUT2D eigenvalue weighted by atomic mass is 19.1. The number of methoxy groups -OCH3 is 1. The number of benzene rings is 2. The van der Waals surface area contributed by atoms with Crippen molar-refractivity contribution in [3.05, 3.63) is 64.5 Å². The van der Waals surface area contributed by atoms with Gasteiger partial charge in [-0.1, -0.05) is 18.2 Å². The summed E-state index contributed by atoms with van der Waals surface area (Å²) in [5.74, 6) is 0.0690. The van der Waals surface area contributed by atoms with Gasteiger partial charge in [-0.15, -0.1) is 0 Å². The summed E-state index contributed by atoms with van der Waals surface area (Å²) in [6, 6.07) is 9.88. The van der Waals surface area contributed by atoms with Crippen molar-refractivity contribution in [1.82, 2.24) is 0 Å². The first-order valence-corrected chi connectivity index (χ1v) is 6.50. The molecule has 106 valence electrons. The van der Waals surface area contributed by atoms with Crippen molar-refractivity contribution in [3.8, 4) is 5.75 Å². The molecule has 0 aliphatic carbocycles. The third-order valence-corrected chi connectivity index (χ3v) is 3.76. The Hall–Kier alpha value is -1.87. The second-order valence-electron chi connectivity index (χ2n) is 5.22. The normalized spacial score (nSPS) is 13.9. The van der Waals surface area contributed by atoms with E-state index in [1.807, 2.05) is 32.0 Å². The van der Waals surface area contributed by atoms with E-state index in [9.17, 15) is 9.50 Å². The Morgan fingerprint density at radius 2 is 1.75 bits per heavy atom. The minimum Gasteiger partial charge on any atom is -0.496 e. The fraction of sp³-hybridized carbons (Fsp3) is 0.294. The number of hydrogen-bond acceptors (Lipinski definition) is 2. The van der Waals surface area contributed by atoms with Crippen LogP contribution in [-0.2, 0) is 5.60 Å². The van der Waals surface area contributed by atoms with Gasteiger partial charge in [0, 0.05) is 5.56 Å². The molecule has 0 radical (unpaired) electrons. The summed E-state index contributed by atoms with van der Waals surface area (Å²) < 4.78 is 18.7. The third kappa shape index (κ3) is 2.54. The molecule has 2 aromatic rings. The maximum Gasteiger partial charge on any atom is 0.125 e. The average Bonchev–Trinajstić information content (AvgIpc) is 2.41. The summed E-state index contributed by atoms with van der Waals surface area (Å²) in [4.78, 5) is 0. The predicted octanol–water partition coefficient (Wildman–Crippen LogP) is 3.71. The number of ether oxygens (including phenoxy) is 1. The van der Waals surface area contributed by atoms with Crippen LogP contribution >= 0.6 is 0 Å². The zero-order valence-electron chi connectivity index (χ0n) is 12.2. The molecule has 2 nitrogen and oxygen atoms in total. The molecule has 3 heteroatoms. The zero-order chi connectivity index (χ0) is 14.9. The Morgan fingerprint density at radius 1 is 1.05 bits per heavy atom. The molecule has 1 N–H and O–H groups in total. The van der Waals surface area contributed by atoms with Gasteiger partial charge in [-0.3, -0.25) is 0 Å². The quantitative estimate of drug-likeness (QED) is 0.924. The van der Waals surface area contributed by atoms with Gasteiger partial charge in [-0.25, -0.2) is 4.39 Å². The Morgan fingerprint density at radius 3 is 2.35 bits per heavy atom. The number of rotatable bonds is 3. The fourth-order valence-electron chi connectivity index (χ4n) is 2.26. The minimum absolute atomic E-state index is 0.398. The van der Waals surface area contributed by atoms with Gasteiger partial charge in [0.15, 0.2) is 0 Å². The first kappa shape index (κ1) is 14.5. The van der Waals surface area contributed by atoms with E-state index in [2.05, 4.69) is 0 Å². The van der Waals surface area contributed by atoms with Crippen LogP contribution in [0.4, 0.5) is 4.39 Å². The largest absolute Gasteiger partial charge is 0.496 e. The van der Waals surface area contributed by atoms with Crippen LogP contribution in [0.25, 0.3) is 0 Å². The smallest absolute Gasteiger partial charge is 0.125 e. The monoisotopic (exact) mass is 274 g/mol. The lowest BCUT2D eigenvalue weighted by atomic mass is 9.86. The maximum absolute atomic E-state index is 13.5. The molecule has 2 rings (SSSR count). The van der Waals surface area contributed by atoms with Gasteiger partial charge in [-0.2, -0.15) is 0 Å². The molecule has 0 heterocycles. The van der Waals surface area contributed by atoms with Crippen LogP contribution in [0.3, 0.4) is 0 Å². The SMILES string of the molecule is COc1ccc(F)cc1C(C)(O)c1ccc(C)c(C)c1. The standard InChI is InChI=1S/C17H19FO2/c1-11-5-6-13(9-12(11)2)17(3,19)15-10-14(18)7-8-16(15)20-4/h5-10,19H,1-4H3. The van der Waals surface area contributed by atoms with Crippen molar-refractivity contribution in [2.45, 2.75) is 26.4 Å². The van der Waals surface area contributed by atoms with E-state index < -0.39 is 11.4 Å². The zero-order valence-corrected chi connectivity index (χ0v) is 12.2. The number of hydrogen-bond donors (Lipinski definition) is 1. The molecule has 0 aliphatic heterocycles. The Kier molecular flexibility index (Phi) is 3.82. The Bertz CT molecular complexity index is 633. The minimum atomic E-state index is -1.31. The molecule has 1 unspecified atom stereocenters. The van der Waals surface area contributed by atoms with Gasteiger partial charge in [0.25, 0.3) is 0 Å². The number of aryl methyl sites for hydroxylation is 2. The van der Waals surface area contributed by atoms with E-state index in [1.165, 1.54) is 25.3 Å². The van der Waals surface area contributed by atoms with Gasteiger partial charge in [0.1, 0.15) is 17.2 Å². The average molecular weight is 274 g/mol. The first-order valence-electron chi connectivity index (χ1n) is 6.50. The Balaban J connectivity index is 2.59. The van der Waals surface area contributed by atoms with Crippen molar-refractivity contribution in [2.75, 3.05) is 7.11 Å². The van der Waals surface area contributed by atoms with Gasteiger partial charge >= 0.3 is 0 Å². The highest BCUT2D eigenvalue weighted by Crippen LogP contribution is 2.36. The molecule has 0 aliphatic rings. The van der Waals surface area contributed by atoms with Crippen LogP contribution in [0, 0.1) is 19.7 Å². The molecule has 0 amide bonds. The van der Waals surface area contributed by atoms with E-state index in [0.717, 1.165) is 11.1 Å².